The Morgan fingerprint density at radius 1 is 1.08 bits per heavy atom. The first kappa shape index (κ1) is 27.4. The zero-order valence-electron chi connectivity index (χ0n) is 23.0. The highest BCUT2D eigenvalue weighted by molar-refractivity contribution is 6.05. The molecule has 3 fully saturated rings. The van der Waals surface area contributed by atoms with Gasteiger partial charge < -0.3 is 19.4 Å². The second kappa shape index (κ2) is 10.4. The van der Waals surface area contributed by atoms with E-state index in [0.29, 0.717) is 51.0 Å². The number of ether oxygens (including phenoxy) is 1. The number of hydrogen-bond acceptors (Lipinski definition) is 7. The smallest absolute Gasteiger partial charge is 0.410 e. The standard InChI is InChI=1S/C28H38FN5O5/c1-27(2,3)39-26(38)33-10-8-28(29,9-11-33)18-31-12-14-32(15-13-31)20-4-5-21-19(16-20)17-34(25(21)37)22-6-7-23(35)30-24(22)36/h4-5,16,22H,6-15,17-18H2,1-3H3,(H,30,35,36)/t22-/m0/s1. The van der Waals surface area contributed by atoms with Crippen LogP contribution in [0.3, 0.4) is 0 Å². The first-order chi connectivity index (χ1) is 18.4. The van der Waals surface area contributed by atoms with Crippen LogP contribution in [0.5, 0.6) is 0 Å². The van der Waals surface area contributed by atoms with Crippen molar-refractivity contribution in [2.24, 2.45) is 0 Å². The first-order valence-corrected chi connectivity index (χ1v) is 13.8. The minimum atomic E-state index is -1.33. The zero-order chi connectivity index (χ0) is 27.9. The average molecular weight is 544 g/mol. The summed E-state index contributed by atoms with van der Waals surface area (Å²) >= 11 is 0. The van der Waals surface area contributed by atoms with Gasteiger partial charge in [-0.3, -0.25) is 24.6 Å². The number of hydrogen-bond donors (Lipinski definition) is 1. The van der Waals surface area contributed by atoms with Crippen molar-refractivity contribution in [1.29, 1.82) is 0 Å². The summed E-state index contributed by atoms with van der Waals surface area (Å²) < 4.78 is 21.1. The Hall–Kier alpha value is -3.21. The average Bonchev–Trinajstić information content (AvgIpc) is 3.19. The summed E-state index contributed by atoms with van der Waals surface area (Å²) in [6.07, 6.45) is 0.793. The molecule has 4 aliphatic rings. The van der Waals surface area contributed by atoms with E-state index in [1.807, 2.05) is 39.0 Å². The molecule has 1 aromatic rings. The van der Waals surface area contributed by atoms with Gasteiger partial charge in [0.2, 0.25) is 11.8 Å². The van der Waals surface area contributed by atoms with Crippen LogP contribution >= 0.6 is 0 Å². The van der Waals surface area contributed by atoms with Gasteiger partial charge in [-0.2, -0.15) is 0 Å². The minimum absolute atomic E-state index is 0.179. The minimum Gasteiger partial charge on any atom is -0.444 e. The fourth-order valence-corrected chi connectivity index (χ4v) is 5.90. The van der Waals surface area contributed by atoms with E-state index in [-0.39, 0.29) is 24.3 Å². The summed E-state index contributed by atoms with van der Waals surface area (Å²) in [5.41, 5.74) is 0.589. The molecule has 4 aliphatic heterocycles. The number of imide groups is 1. The van der Waals surface area contributed by atoms with Crippen LogP contribution in [0.2, 0.25) is 0 Å². The van der Waals surface area contributed by atoms with Crippen LogP contribution in [0.25, 0.3) is 0 Å². The second-order valence-electron chi connectivity index (χ2n) is 12.1. The summed E-state index contributed by atoms with van der Waals surface area (Å²) in [5.74, 6) is -0.890. The molecule has 0 spiro atoms. The van der Waals surface area contributed by atoms with Crippen molar-refractivity contribution in [2.45, 2.75) is 70.3 Å². The number of piperidine rings is 2. The number of carbonyl (C=O) groups is 4. The Labute approximate surface area is 228 Å². The first-order valence-electron chi connectivity index (χ1n) is 13.8. The summed E-state index contributed by atoms with van der Waals surface area (Å²) in [4.78, 5) is 56.6. The summed E-state index contributed by atoms with van der Waals surface area (Å²) in [5, 5.41) is 2.33. The fraction of sp³-hybridized carbons (Fsp3) is 0.643. The van der Waals surface area contributed by atoms with Gasteiger partial charge in [-0.15, -0.1) is 0 Å². The maximum atomic E-state index is 15.7. The molecule has 0 unspecified atom stereocenters. The predicted molar refractivity (Wildman–Crippen MR) is 142 cm³/mol. The van der Waals surface area contributed by atoms with Crippen molar-refractivity contribution in [3.63, 3.8) is 0 Å². The van der Waals surface area contributed by atoms with Crippen molar-refractivity contribution < 1.29 is 28.3 Å². The van der Waals surface area contributed by atoms with Crippen LogP contribution in [0.4, 0.5) is 14.9 Å². The van der Waals surface area contributed by atoms with Gasteiger partial charge in [-0.25, -0.2) is 9.18 Å². The van der Waals surface area contributed by atoms with Crippen molar-refractivity contribution in [3.05, 3.63) is 29.3 Å². The molecule has 5 rings (SSSR count). The predicted octanol–water partition coefficient (Wildman–Crippen LogP) is 2.31. The number of amides is 4. The molecule has 4 amide bonds. The number of benzene rings is 1. The van der Waals surface area contributed by atoms with Crippen LogP contribution in [-0.2, 0) is 20.9 Å². The van der Waals surface area contributed by atoms with E-state index < -0.39 is 23.2 Å². The highest BCUT2D eigenvalue weighted by Crippen LogP contribution is 2.32. The number of anilines is 1. The molecule has 1 atom stereocenters. The van der Waals surface area contributed by atoms with Crippen LogP contribution in [0.1, 0.15) is 62.4 Å². The number of nitrogens with one attached hydrogen (secondary N) is 1. The lowest BCUT2D eigenvalue weighted by Crippen LogP contribution is -2.54. The van der Waals surface area contributed by atoms with Gasteiger partial charge in [0, 0.05) is 82.9 Å². The van der Waals surface area contributed by atoms with E-state index in [2.05, 4.69) is 15.1 Å². The molecule has 0 saturated carbocycles. The van der Waals surface area contributed by atoms with E-state index in [0.717, 1.165) is 37.4 Å². The van der Waals surface area contributed by atoms with Crippen LogP contribution in [0.15, 0.2) is 18.2 Å². The molecular weight excluding hydrogens is 505 g/mol. The van der Waals surface area contributed by atoms with Gasteiger partial charge >= 0.3 is 6.09 Å². The number of rotatable bonds is 4. The Bertz CT molecular complexity index is 1150. The van der Waals surface area contributed by atoms with E-state index in [9.17, 15) is 19.2 Å². The molecule has 3 saturated heterocycles. The quantitative estimate of drug-likeness (QED) is 0.582. The number of halogens is 1. The lowest BCUT2D eigenvalue weighted by atomic mass is 9.92. The third kappa shape index (κ3) is 6.03. The van der Waals surface area contributed by atoms with Gasteiger partial charge in [-0.05, 0) is 51.0 Å². The Kier molecular flexibility index (Phi) is 7.30. The molecule has 212 valence electrons. The third-order valence-electron chi connectivity index (χ3n) is 8.06. The van der Waals surface area contributed by atoms with Crippen LogP contribution < -0.4 is 10.2 Å². The zero-order valence-corrected chi connectivity index (χ0v) is 23.0. The van der Waals surface area contributed by atoms with Crippen molar-refractivity contribution in [1.82, 2.24) is 20.0 Å². The Morgan fingerprint density at radius 2 is 1.77 bits per heavy atom. The van der Waals surface area contributed by atoms with Crippen molar-refractivity contribution in [2.75, 3.05) is 50.7 Å². The molecule has 0 radical (unpaired) electrons. The van der Waals surface area contributed by atoms with Crippen molar-refractivity contribution in [3.8, 4) is 0 Å². The molecule has 0 aromatic heterocycles. The molecule has 10 nitrogen and oxygen atoms in total. The van der Waals surface area contributed by atoms with E-state index >= 15 is 4.39 Å². The molecule has 4 heterocycles. The summed E-state index contributed by atoms with van der Waals surface area (Å²) in [6, 6.07) is 5.14. The largest absolute Gasteiger partial charge is 0.444 e. The number of nitrogens with zero attached hydrogens (tertiary/aromatic N) is 4. The van der Waals surface area contributed by atoms with Gasteiger partial charge in [0.05, 0.1) is 0 Å². The Morgan fingerprint density at radius 3 is 2.41 bits per heavy atom. The normalized spacial score (nSPS) is 24.1. The summed E-state index contributed by atoms with van der Waals surface area (Å²) in [7, 11) is 0. The molecule has 39 heavy (non-hydrogen) atoms. The van der Waals surface area contributed by atoms with Crippen LogP contribution in [-0.4, -0.2) is 102 Å². The number of likely N-dealkylation sites (tertiary alicyclic amines) is 1. The van der Waals surface area contributed by atoms with Crippen LogP contribution in [0, 0.1) is 0 Å². The monoisotopic (exact) mass is 543 g/mol. The molecular formula is C28H38FN5O5. The Balaban J connectivity index is 1.12. The third-order valence-corrected chi connectivity index (χ3v) is 8.06. The second-order valence-corrected chi connectivity index (χ2v) is 12.1. The highest BCUT2D eigenvalue weighted by atomic mass is 19.1. The van der Waals surface area contributed by atoms with Crippen molar-refractivity contribution >= 4 is 29.5 Å². The highest BCUT2D eigenvalue weighted by Gasteiger charge is 2.41. The number of alkyl halides is 1. The molecule has 11 heteroatoms. The number of piperazine rings is 1. The fourth-order valence-electron chi connectivity index (χ4n) is 5.90. The molecule has 1 N–H and O–H groups in total. The van der Waals surface area contributed by atoms with Gasteiger partial charge in [0.25, 0.3) is 5.91 Å². The molecule has 0 bridgehead atoms. The SMILES string of the molecule is CC(C)(C)OC(=O)N1CCC(F)(CN2CCN(c3ccc4c(c3)CN([C@H]3CCC(=O)NC3=O)C4=O)CC2)CC1. The molecule has 1 aromatic carbocycles. The number of fused-ring (bicyclic) bond motifs is 1. The van der Waals surface area contributed by atoms with E-state index in [4.69, 9.17) is 4.74 Å². The lowest BCUT2D eigenvalue weighted by Gasteiger charge is -2.42. The van der Waals surface area contributed by atoms with Gasteiger partial charge in [0.15, 0.2) is 0 Å². The van der Waals surface area contributed by atoms with E-state index in [1.165, 1.54) is 0 Å². The van der Waals surface area contributed by atoms with Gasteiger partial charge in [-0.1, -0.05) is 0 Å². The summed E-state index contributed by atoms with van der Waals surface area (Å²) in [6.45, 7) is 9.81. The molecule has 0 aliphatic carbocycles. The maximum absolute atomic E-state index is 15.7. The maximum Gasteiger partial charge on any atom is 0.410 e. The number of carbonyl (C=O) groups excluding carboxylic acids is 4. The van der Waals surface area contributed by atoms with Gasteiger partial charge in [0.1, 0.15) is 17.3 Å². The lowest BCUT2D eigenvalue weighted by molar-refractivity contribution is -0.136. The topological polar surface area (TPSA) is 102 Å². The van der Waals surface area contributed by atoms with E-state index in [1.54, 1.807) is 9.80 Å².